The van der Waals surface area contributed by atoms with E-state index >= 15 is 0 Å². The summed E-state index contributed by atoms with van der Waals surface area (Å²) in [6.45, 7) is 15.2. The first-order valence-corrected chi connectivity index (χ1v) is 11.3. The third kappa shape index (κ3) is 9.12. The summed E-state index contributed by atoms with van der Waals surface area (Å²) < 4.78 is 41.7. The van der Waals surface area contributed by atoms with E-state index in [9.17, 15) is 19.1 Å². The molecular weight excluding hydrogens is 483 g/mol. The van der Waals surface area contributed by atoms with Gasteiger partial charge in [0, 0.05) is 22.8 Å². The third-order valence-electron chi connectivity index (χ3n) is 4.71. The fourth-order valence-electron chi connectivity index (χ4n) is 2.76. The minimum absolute atomic E-state index is 0.00245. The minimum Gasteiger partial charge on any atom is -0.486 e. The second kappa shape index (κ2) is 13.8. The van der Waals surface area contributed by atoms with Crippen molar-refractivity contribution >= 4 is 11.9 Å². The maximum absolute atomic E-state index is 14.9. The predicted octanol–water partition coefficient (Wildman–Crippen LogP) is 4.76. The monoisotopic (exact) mass is 514 g/mol. The predicted molar refractivity (Wildman–Crippen MR) is 136 cm³/mol. The summed E-state index contributed by atoms with van der Waals surface area (Å²) in [7, 11) is 0. The molecule has 2 rings (SSSR count). The number of benzene rings is 2. The van der Waals surface area contributed by atoms with Crippen molar-refractivity contribution in [2.24, 2.45) is 0 Å². The van der Waals surface area contributed by atoms with E-state index in [1.54, 1.807) is 25.1 Å². The van der Waals surface area contributed by atoms with Crippen LogP contribution in [0, 0.1) is 5.82 Å². The van der Waals surface area contributed by atoms with Crippen LogP contribution in [0.15, 0.2) is 72.9 Å². The van der Waals surface area contributed by atoms with Crippen molar-refractivity contribution in [3.05, 3.63) is 78.7 Å². The summed E-state index contributed by atoms with van der Waals surface area (Å²) in [4.78, 5) is 23.1. The maximum atomic E-state index is 14.9. The topological polar surface area (TPSA) is 101 Å². The highest BCUT2D eigenvalue weighted by molar-refractivity contribution is 5.87. The Labute approximate surface area is 215 Å². The summed E-state index contributed by atoms with van der Waals surface area (Å²) in [6, 6.07) is 8.95. The molecule has 8 nitrogen and oxygen atoms in total. The Morgan fingerprint density at radius 3 is 1.92 bits per heavy atom. The molecule has 0 saturated carbocycles. The lowest BCUT2D eigenvalue weighted by molar-refractivity contribution is -0.140. The molecule has 0 bridgehead atoms. The Bertz CT molecular complexity index is 1170. The molecule has 0 radical (unpaired) electrons. The van der Waals surface area contributed by atoms with Crippen LogP contribution in [-0.4, -0.2) is 49.8 Å². The normalized spacial score (nSPS) is 11.2. The van der Waals surface area contributed by atoms with E-state index in [4.69, 9.17) is 23.7 Å². The van der Waals surface area contributed by atoms with Crippen molar-refractivity contribution in [2.45, 2.75) is 27.1 Å². The minimum atomic E-state index is -1.25. The summed E-state index contributed by atoms with van der Waals surface area (Å²) in [5.41, 5.74) is 1.63. The summed E-state index contributed by atoms with van der Waals surface area (Å²) >= 11 is 0. The van der Waals surface area contributed by atoms with Gasteiger partial charge in [-0.1, -0.05) is 25.8 Å². The van der Waals surface area contributed by atoms with Crippen LogP contribution in [0.5, 0.6) is 17.2 Å². The summed E-state index contributed by atoms with van der Waals surface area (Å²) in [5, 5.41) is 9.79. The number of carbonyl (C=O) groups excluding carboxylic acids is 2. The number of esters is 2. The van der Waals surface area contributed by atoms with E-state index in [-0.39, 0.29) is 54.6 Å². The van der Waals surface area contributed by atoms with Crippen LogP contribution >= 0.6 is 0 Å². The number of hydrogen-bond donors (Lipinski definition) is 1. The van der Waals surface area contributed by atoms with Crippen LogP contribution in [0.3, 0.4) is 0 Å². The molecule has 9 heteroatoms. The number of hydrogen-bond acceptors (Lipinski definition) is 8. The van der Waals surface area contributed by atoms with Gasteiger partial charge < -0.3 is 28.8 Å². The van der Waals surface area contributed by atoms with Gasteiger partial charge in [-0.3, -0.25) is 0 Å². The van der Waals surface area contributed by atoms with Crippen molar-refractivity contribution in [3.8, 4) is 28.4 Å². The van der Waals surface area contributed by atoms with Gasteiger partial charge in [0.15, 0.2) is 11.5 Å². The van der Waals surface area contributed by atoms with Gasteiger partial charge in [0.2, 0.25) is 6.29 Å². The molecule has 1 unspecified atom stereocenters. The van der Waals surface area contributed by atoms with Gasteiger partial charge in [-0.15, -0.1) is 0 Å². The Morgan fingerprint density at radius 2 is 1.41 bits per heavy atom. The first-order chi connectivity index (χ1) is 17.5. The molecule has 0 aliphatic heterocycles. The second-order valence-electron chi connectivity index (χ2n) is 8.15. The Balaban J connectivity index is 2.20. The lowest BCUT2D eigenvalue weighted by atomic mass is 10.0. The zero-order chi connectivity index (χ0) is 27.5. The molecule has 0 amide bonds. The van der Waals surface area contributed by atoms with E-state index in [1.165, 1.54) is 26.0 Å². The maximum Gasteiger partial charge on any atom is 0.333 e. The lowest BCUT2D eigenvalue weighted by Crippen LogP contribution is -2.16. The quantitative estimate of drug-likeness (QED) is 0.127. The Hall–Kier alpha value is -4.11. The van der Waals surface area contributed by atoms with Crippen LogP contribution in [0.25, 0.3) is 11.1 Å². The fourth-order valence-corrected chi connectivity index (χ4v) is 2.76. The molecule has 1 N–H and O–H groups in total. The highest BCUT2D eigenvalue weighted by atomic mass is 19.1. The van der Waals surface area contributed by atoms with Crippen molar-refractivity contribution in [2.75, 3.05) is 26.4 Å². The van der Waals surface area contributed by atoms with Crippen LogP contribution in [0.2, 0.25) is 0 Å². The number of rotatable bonds is 14. The number of aliphatic hydroxyl groups is 1. The summed E-state index contributed by atoms with van der Waals surface area (Å²) in [6.07, 6.45) is -1.25. The smallest absolute Gasteiger partial charge is 0.333 e. The van der Waals surface area contributed by atoms with Gasteiger partial charge in [-0.25, -0.2) is 14.0 Å². The third-order valence-corrected chi connectivity index (χ3v) is 4.71. The van der Waals surface area contributed by atoms with Crippen molar-refractivity contribution in [3.63, 3.8) is 0 Å². The molecule has 0 aromatic heterocycles. The van der Waals surface area contributed by atoms with Gasteiger partial charge in [0.25, 0.3) is 0 Å². The molecule has 0 fully saturated rings. The molecule has 1 atom stereocenters. The first-order valence-electron chi connectivity index (χ1n) is 11.3. The van der Waals surface area contributed by atoms with Crippen LogP contribution in [0.4, 0.5) is 4.39 Å². The van der Waals surface area contributed by atoms with Gasteiger partial charge >= 0.3 is 11.9 Å². The molecule has 2 aromatic carbocycles. The van der Waals surface area contributed by atoms with Crippen molar-refractivity contribution in [1.82, 2.24) is 0 Å². The SMILES string of the molecule is C=C(C)C(=O)OCCOc1ccc(-c2ccc(OC(O)C(=C)C)cc2F)cc1OCCOC(=O)C(=C)C. The zero-order valence-corrected chi connectivity index (χ0v) is 21.2. The second-order valence-corrected chi connectivity index (χ2v) is 8.15. The summed E-state index contributed by atoms with van der Waals surface area (Å²) in [5.74, 6) is -0.966. The zero-order valence-electron chi connectivity index (χ0n) is 21.2. The van der Waals surface area contributed by atoms with Gasteiger partial charge in [0.1, 0.15) is 38.0 Å². The molecule has 2 aromatic rings. The van der Waals surface area contributed by atoms with E-state index in [0.717, 1.165) is 6.07 Å². The molecule has 0 aliphatic rings. The lowest BCUT2D eigenvalue weighted by Gasteiger charge is -2.16. The molecule has 0 spiro atoms. The molecular formula is C28H31FO8. The standard InChI is InChI=1S/C28H31FO8/c1-17(2)26(30)35-13-11-33-24-10-7-20(15-25(24)34-12-14-36-27(31)18(3)4)22-9-8-21(16-23(22)29)37-28(32)19(5)6/h7-10,15-16,28,32H,1,3,5,11-14H2,2,4,6H3. The number of ether oxygens (including phenoxy) is 5. The van der Waals surface area contributed by atoms with Gasteiger partial charge in [0.05, 0.1) is 0 Å². The largest absolute Gasteiger partial charge is 0.486 e. The molecule has 0 heterocycles. The van der Waals surface area contributed by atoms with Crippen LogP contribution in [0.1, 0.15) is 20.8 Å². The highest BCUT2D eigenvalue weighted by Crippen LogP contribution is 2.35. The van der Waals surface area contributed by atoms with E-state index in [2.05, 4.69) is 19.7 Å². The Morgan fingerprint density at radius 1 is 0.838 bits per heavy atom. The van der Waals surface area contributed by atoms with E-state index < -0.39 is 24.0 Å². The average Bonchev–Trinajstić information content (AvgIpc) is 2.84. The van der Waals surface area contributed by atoms with E-state index in [0.29, 0.717) is 16.9 Å². The molecule has 198 valence electrons. The van der Waals surface area contributed by atoms with E-state index in [1.807, 2.05) is 0 Å². The molecule has 37 heavy (non-hydrogen) atoms. The highest BCUT2D eigenvalue weighted by Gasteiger charge is 2.14. The van der Waals surface area contributed by atoms with Gasteiger partial charge in [-0.2, -0.15) is 0 Å². The average molecular weight is 515 g/mol. The van der Waals surface area contributed by atoms with Crippen molar-refractivity contribution < 1.29 is 42.8 Å². The number of aliphatic hydroxyl groups excluding tert-OH is 1. The van der Waals surface area contributed by atoms with Gasteiger partial charge in [-0.05, 0) is 56.2 Å². The van der Waals surface area contributed by atoms with Crippen LogP contribution in [-0.2, 0) is 19.1 Å². The first kappa shape index (κ1) is 29.1. The van der Waals surface area contributed by atoms with Crippen LogP contribution < -0.4 is 14.2 Å². The number of carbonyl (C=O) groups is 2. The molecule has 0 saturated heterocycles. The molecule has 0 aliphatic carbocycles. The van der Waals surface area contributed by atoms with Crippen molar-refractivity contribution in [1.29, 1.82) is 0 Å². The fraction of sp³-hybridized carbons (Fsp3) is 0.286. The Kier molecular flexibility index (Phi) is 10.9. The number of halogens is 1.